The Hall–Kier alpha value is -1.05. The summed E-state index contributed by atoms with van der Waals surface area (Å²) in [6.07, 6.45) is 0.309. The predicted molar refractivity (Wildman–Crippen MR) is 61.0 cm³/mol. The number of halogens is 2. The van der Waals surface area contributed by atoms with Crippen LogP contribution in [0.25, 0.3) is 0 Å². The zero-order valence-corrected chi connectivity index (χ0v) is 10.6. The second-order valence-electron chi connectivity index (χ2n) is 4.15. The van der Waals surface area contributed by atoms with E-state index in [2.05, 4.69) is 5.32 Å². The number of sulfone groups is 1. The predicted octanol–water partition coefficient (Wildman–Crippen LogP) is 1.03. The van der Waals surface area contributed by atoms with Crippen LogP contribution in [0, 0.1) is 11.6 Å². The number of morpholine rings is 1. The molecule has 4 nitrogen and oxygen atoms in total. The van der Waals surface area contributed by atoms with Gasteiger partial charge in [0, 0.05) is 19.3 Å². The Kier molecular flexibility index (Phi) is 3.65. The van der Waals surface area contributed by atoms with Crippen molar-refractivity contribution < 1.29 is 21.9 Å². The number of hydrogen-bond donors (Lipinski definition) is 1. The Morgan fingerprint density at radius 2 is 1.94 bits per heavy atom. The molecule has 1 aromatic rings. The van der Waals surface area contributed by atoms with Crippen LogP contribution in [-0.4, -0.2) is 34.4 Å². The average Bonchev–Trinajstić information content (AvgIpc) is 2.27. The lowest BCUT2D eigenvalue weighted by Gasteiger charge is -2.24. The first-order valence-corrected chi connectivity index (χ1v) is 7.30. The van der Waals surface area contributed by atoms with Gasteiger partial charge in [0.2, 0.25) is 0 Å². The van der Waals surface area contributed by atoms with Crippen molar-refractivity contribution in [1.29, 1.82) is 0 Å². The summed E-state index contributed by atoms with van der Waals surface area (Å²) in [6, 6.07) is 2.02. The van der Waals surface area contributed by atoms with Crippen LogP contribution >= 0.6 is 0 Å². The highest BCUT2D eigenvalue weighted by atomic mass is 32.2. The van der Waals surface area contributed by atoms with Gasteiger partial charge in [-0.3, -0.25) is 0 Å². The molecular weight excluding hydrogens is 264 g/mol. The summed E-state index contributed by atoms with van der Waals surface area (Å²) in [7, 11) is -3.92. The zero-order chi connectivity index (χ0) is 13.3. The lowest BCUT2D eigenvalue weighted by atomic mass is 10.1. The molecule has 0 amide bonds. The summed E-state index contributed by atoms with van der Waals surface area (Å²) in [5, 5.41) is 3.03. The number of rotatable bonds is 2. The Balaban J connectivity index is 2.42. The van der Waals surface area contributed by atoms with E-state index in [9.17, 15) is 17.2 Å². The van der Waals surface area contributed by atoms with Crippen molar-refractivity contribution in [2.24, 2.45) is 0 Å². The molecule has 1 heterocycles. The molecule has 0 saturated carbocycles. The molecule has 7 heteroatoms. The smallest absolute Gasteiger partial charge is 0.181 e. The second-order valence-corrected chi connectivity index (χ2v) is 6.10. The fourth-order valence-corrected chi connectivity index (χ4v) is 2.73. The standard InChI is InChI=1S/C11H13F2NO3S/c1-18(15,16)11-8(12)4-7(5-9(11)13)10-6-14-2-3-17-10/h4-5,10,14H,2-3,6H2,1H3. The number of ether oxygens (including phenoxy) is 1. The van der Waals surface area contributed by atoms with Gasteiger partial charge in [-0.2, -0.15) is 0 Å². The fraction of sp³-hybridized carbons (Fsp3) is 0.455. The largest absolute Gasteiger partial charge is 0.371 e. The van der Waals surface area contributed by atoms with Crippen LogP contribution in [0.5, 0.6) is 0 Å². The van der Waals surface area contributed by atoms with Gasteiger partial charge in [0.25, 0.3) is 0 Å². The van der Waals surface area contributed by atoms with Crippen molar-refractivity contribution in [1.82, 2.24) is 5.32 Å². The maximum atomic E-state index is 13.7. The van der Waals surface area contributed by atoms with E-state index < -0.39 is 32.5 Å². The number of hydrogen-bond acceptors (Lipinski definition) is 4. The molecule has 100 valence electrons. The second kappa shape index (κ2) is 4.91. The van der Waals surface area contributed by atoms with Gasteiger partial charge < -0.3 is 10.1 Å². The maximum Gasteiger partial charge on any atom is 0.181 e. The summed E-state index contributed by atoms with van der Waals surface area (Å²) in [5.74, 6) is -2.16. The molecule has 1 atom stereocenters. The quantitative estimate of drug-likeness (QED) is 0.877. The van der Waals surface area contributed by atoms with Gasteiger partial charge in [0.15, 0.2) is 9.84 Å². The van der Waals surface area contributed by atoms with Crippen LogP contribution in [0.15, 0.2) is 17.0 Å². The number of nitrogens with one attached hydrogen (secondary N) is 1. The van der Waals surface area contributed by atoms with Gasteiger partial charge in [0.05, 0.1) is 12.7 Å². The van der Waals surface area contributed by atoms with Gasteiger partial charge >= 0.3 is 0 Å². The molecule has 18 heavy (non-hydrogen) atoms. The van der Waals surface area contributed by atoms with E-state index in [1.54, 1.807) is 0 Å². The van der Waals surface area contributed by atoms with Gasteiger partial charge in [-0.05, 0) is 17.7 Å². The third kappa shape index (κ3) is 2.68. The van der Waals surface area contributed by atoms with Gasteiger partial charge in [-0.15, -0.1) is 0 Å². The first-order valence-electron chi connectivity index (χ1n) is 5.41. The fourth-order valence-electron chi connectivity index (χ4n) is 1.90. The highest BCUT2D eigenvalue weighted by Gasteiger charge is 2.24. The summed E-state index contributed by atoms with van der Waals surface area (Å²) in [6.45, 7) is 1.57. The Bertz CT molecular complexity index is 530. The molecule has 1 fully saturated rings. The van der Waals surface area contributed by atoms with E-state index in [-0.39, 0.29) is 0 Å². The molecule has 1 N–H and O–H groups in total. The molecule has 0 aromatic heterocycles. The third-order valence-corrected chi connectivity index (χ3v) is 3.82. The summed E-state index contributed by atoms with van der Waals surface area (Å²) < 4.78 is 55.2. The molecule has 1 aromatic carbocycles. The highest BCUT2D eigenvalue weighted by Crippen LogP contribution is 2.26. The van der Waals surface area contributed by atoms with Crippen molar-refractivity contribution in [2.75, 3.05) is 26.0 Å². The Labute approximate surface area is 104 Å². The van der Waals surface area contributed by atoms with E-state index in [4.69, 9.17) is 4.74 Å². The van der Waals surface area contributed by atoms with Crippen molar-refractivity contribution >= 4 is 9.84 Å². The van der Waals surface area contributed by atoms with Crippen LogP contribution in [0.2, 0.25) is 0 Å². The van der Waals surface area contributed by atoms with Crippen LogP contribution in [0.1, 0.15) is 11.7 Å². The molecule has 0 radical (unpaired) electrons. The van der Waals surface area contributed by atoms with Gasteiger partial charge in [-0.25, -0.2) is 17.2 Å². The number of benzene rings is 1. The van der Waals surface area contributed by atoms with Crippen LogP contribution < -0.4 is 5.32 Å². The van der Waals surface area contributed by atoms with Crippen molar-refractivity contribution in [3.8, 4) is 0 Å². The SMILES string of the molecule is CS(=O)(=O)c1c(F)cc(C2CNCCO2)cc1F. The van der Waals surface area contributed by atoms with Crippen LogP contribution in [0.4, 0.5) is 8.78 Å². The minimum absolute atomic E-state index is 0.296. The van der Waals surface area contributed by atoms with Crippen molar-refractivity contribution in [3.05, 3.63) is 29.3 Å². The lowest BCUT2D eigenvalue weighted by molar-refractivity contribution is 0.0272. The van der Waals surface area contributed by atoms with Crippen molar-refractivity contribution in [2.45, 2.75) is 11.0 Å². The lowest BCUT2D eigenvalue weighted by Crippen LogP contribution is -2.33. The van der Waals surface area contributed by atoms with E-state index in [1.165, 1.54) is 0 Å². The van der Waals surface area contributed by atoms with Crippen LogP contribution in [-0.2, 0) is 14.6 Å². The van der Waals surface area contributed by atoms with E-state index in [0.717, 1.165) is 18.4 Å². The first kappa shape index (κ1) is 13.4. The van der Waals surface area contributed by atoms with Gasteiger partial charge in [-0.1, -0.05) is 0 Å². The molecule has 1 aliphatic rings. The molecule has 0 bridgehead atoms. The molecule has 0 aliphatic carbocycles. The summed E-state index contributed by atoms with van der Waals surface area (Å²) >= 11 is 0. The zero-order valence-electron chi connectivity index (χ0n) is 9.74. The molecule has 1 unspecified atom stereocenters. The topological polar surface area (TPSA) is 55.4 Å². The van der Waals surface area contributed by atoms with Gasteiger partial charge in [0.1, 0.15) is 16.5 Å². The van der Waals surface area contributed by atoms with Crippen LogP contribution in [0.3, 0.4) is 0 Å². The van der Waals surface area contributed by atoms with Crippen molar-refractivity contribution in [3.63, 3.8) is 0 Å². The van der Waals surface area contributed by atoms with E-state index >= 15 is 0 Å². The Morgan fingerprint density at radius 1 is 1.33 bits per heavy atom. The minimum atomic E-state index is -3.92. The highest BCUT2D eigenvalue weighted by molar-refractivity contribution is 7.90. The normalized spacial score (nSPS) is 20.9. The van der Waals surface area contributed by atoms with E-state index in [0.29, 0.717) is 25.3 Å². The van der Waals surface area contributed by atoms with E-state index in [1.807, 2.05) is 0 Å². The third-order valence-electron chi connectivity index (χ3n) is 2.69. The molecule has 2 rings (SSSR count). The molecule has 0 spiro atoms. The minimum Gasteiger partial charge on any atom is -0.371 e. The first-order chi connectivity index (χ1) is 8.39. The average molecular weight is 277 g/mol. The molecular formula is C11H13F2NO3S. The summed E-state index contributed by atoms with van der Waals surface area (Å²) in [4.78, 5) is -0.894. The Morgan fingerprint density at radius 3 is 2.39 bits per heavy atom. The monoisotopic (exact) mass is 277 g/mol. The summed E-state index contributed by atoms with van der Waals surface area (Å²) in [5.41, 5.74) is 0.296. The molecule has 1 saturated heterocycles. The maximum absolute atomic E-state index is 13.7. The molecule has 1 aliphatic heterocycles.